The van der Waals surface area contributed by atoms with Gasteiger partial charge in [-0.15, -0.1) is 0 Å². The quantitative estimate of drug-likeness (QED) is 0.335. The summed E-state index contributed by atoms with van der Waals surface area (Å²) >= 11 is 0. The number of nitro groups is 2. The van der Waals surface area contributed by atoms with Crippen LogP contribution in [0.3, 0.4) is 0 Å². The number of ether oxygens (including phenoxy) is 2. The highest BCUT2D eigenvalue weighted by Gasteiger charge is 2.27. The number of esters is 1. The maximum atomic E-state index is 12.1. The molecule has 0 saturated heterocycles. The SMILES string of the molecule is COc1ccc(/C=C2\N=C(c3cccc([N+](=O)[O-])c3C)OC2=O)cc1[N+](=O)[O-]. The first-order valence-corrected chi connectivity index (χ1v) is 7.91. The van der Waals surface area contributed by atoms with E-state index in [9.17, 15) is 25.0 Å². The average Bonchev–Trinajstić information content (AvgIpc) is 3.01. The molecule has 0 aliphatic carbocycles. The Bertz CT molecular complexity index is 1070. The molecule has 0 fully saturated rings. The van der Waals surface area contributed by atoms with Gasteiger partial charge in [0.15, 0.2) is 11.4 Å². The van der Waals surface area contributed by atoms with Crippen molar-refractivity contribution in [3.8, 4) is 5.75 Å². The first-order valence-electron chi connectivity index (χ1n) is 7.91. The maximum Gasteiger partial charge on any atom is 0.363 e. The van der Waals surface area contributed by atoms with Crippen LogP contribution in [0.25, 0.3) is 6.08 Å². The van der Waals surface area contributed by atoms with E-state index in [1.54, 1.807) is 6.07 Å². The molecule has 10 heteroatoms. The van der Waals surface area contributed by atoms with Gasteiger partial charge in [-0.1, -0.05) is 12.1 Å². The molecule has 0 atom stereocenters. The highest BCUT2D eigenvalue weighted by Crippen LogP contribution is 2.30. The number of carbonyl (C=O) groups excluding carboxylic acids is 1. The van der Waals surface area contributed by atoms with Gasteiger partial charge >= 0.3 is 11.7 Å². The Hall–Kier alpha value is -4.08. The van der Waals surface area contributed by atoms with Crippen molar-refractivity contribution in [3.63, 3.8) is 0 Å². The molecule has 2 aromatic carbocycles. The van der Waals surface area contributed by atoms with Gasteiger partial charge in [0.1, 0.15) is 0 Å². The third-order valence-electron chi connectivity index (χ3n) is 4.06. The summed E-state index contributed by atoms with van der Waals surface area (Å²) in [5.41, 5.74) is 0.494. The number of benzene rings is 2. The third-order valence-corrected chi connectivity index (χ3v) is 4.06. The van der Waals surface area contributed by atoms with E-state index in [1.165, 1.54) is 50.4 Å². The Morgan fingerprint density at radius 2 is 1.82 bits per heavy atom. The zero-order valence-electron chi connectivity index (χ0n) is 14.7. The lowest BCUT2D eigenvalue weighted by Crippen LogP contribution is -2.08. The lowest BCUT2D eigenvalue weighted by molar-refractivity contribution is -0.385. The van der Waals surface area contributed by atoms with Crippen LogP contribution in [0.1, 0.15) is 16.7 Å². The monoisotopic (exact) mass is 383 g/mol. The van der Waals surface area contributed by atoms with Gasteiger partial charge in [0.2, 0.25) is 5.90 Å². The highest BCUT2D eigenvalue weighted by molar-refractivity contribution is 6.13. The van der Waals surface area contributed by atoms with Crippen molar-refractivity contribution in [2.75, 3.05) is 7.11 Å². The fraction of sp³-hybridized carbons (Fsp3) is 0.111. The Morgan fingerprint density at radius 3 is 2.46 bits per heavy atom. The molecule has 0 radical (unpaired) electrons. The molecule has 1 aliphatic heterocycles. The Morgan fingerprint density at radius 1 is 1.11 bits per heavy atom. The smallest absolute Gasteiger partial charge is 0.363 e. The zero-order chi connectivity index (χ0) is 20.4. The molecule has 0 N–H and O–H groups in total. The molecular formula is C18H13N3O7. The van der Waals surface area contributed by atoms with Crippen LogP contribution < -0.4 is 4.74 Å². The first-order chi connectivity index (χ1) is 13.3. The van der Waals surface area contributed by atoms with Gasteiger partial charge in [0.05, 0.1) is 17.0 Å². The van der Waals surface area contributed by atoms with Crippen LogP contribution in [0.4, 0.5) is 11.4 Å². The number of rotatable bonds is 5. The van der Waals surface area contributed by atoms with E-state index in [0.29, 0.717) is 16.7 Å². The van der Waals surface area contributed by atoms with Gasteiger partial charge in [-0.05, 0) is 30.7 Å². The molecule has 10 nitrogen and oxygen atoms in total. The number of aliphatic imine (C=N–C) groups is 1. The van der Waals surface area contributed by atoms with E-state index < -0.39 is 15.8 Å². The summed E-state index contributed by atoms with van der Waals surface area (Å²) in [6.45, 7) is 1.53. The molecule has 142 valence electrons. The van der Waals surface area contributed by atoms with Gasteiger partial charge in [0.25, 0.3) is 5.69 Å². The standard InChI is InChI=1S/C18H13N3O7/c1-10-12(4-3-5-14(10)20(23)24)17-19-13(18(22)28-17)8-11-6-7-16(27-2)15(9-11)21(25)26/h3-9H,1-2H3/b13-8-. The predicted octanol–water partition coefficient (Wildman–Crippen LogP) is 3.16. The maximum absolute atomic E-state index is 12.1. The average molecular weight is 383 g/mol. The number of methoxy groups -OCH3 is 1. The summed E-state index contributed by atoms with van der Waals surface area (Å²) in [5, 5.41) is 22.2. The van der Waals surface area contributed by atoms with Gasteiger partial charge in [0, 0.05) is 23.3 Å². The number of hydrogen-bond acceptors (Lipinski definition) is 8. The third kappa shape index (κ3) is 3.43. The minimum Gasteiger partial charge on any atom is -0.490 e. The van der Waals surface area contributed by atoms with Crippen LogP contribution in [-0.2, 0) is 9.53 Å². The van der Waals surface area contributed by atoms with E-state index in [1.807, 2.05) is 0 Å². The van der Waals surface area contributed by atoms with Crippen molar-refractivity contribution in [1.29, 1.82) is 0 Å². The van der Waals surface area contributed by atoms with E-state index in [-0.39, 0.29) is 28.7 Å². The van der Waals surface area contributed by atoms with Crippen molar-refractivity contribution in [1.82, 2.24) is 0 Å². The van der Waals surface area contributed by atoms with E-state index >= 15 is 0 Å². The largest absolute Gasteiger partial charge is 0.490 e. The summed E-state index contributed by atoms with van der Waals surface area (Å²) in [5.74, 6) is -0.752. The Labute approximate surface area is 158 Å². The summed E-state index contributed by atoms with van der Waals surface area (Å²) in [7, 11) is 1.31. The van der Waals surface area contributed by atoms with Crippen molar-refractivity contribution < 1.29 is 24.1 Å². The second-order valence-electron chi connectivity index (χ2n) is 5.73. The summed E-state index contributed by atoms with van der Waals surface area (Å²) in [6, 6.07) is 8.52. The van der Waals surface area contributed by atoms with Crippen molar-refractivity contribution in [3.05, 3.63) is 79.0 Å². The molecule has 3 rings (SSSR count). The van der Waals surface area contributed by atoms with Crippen LogP contribution in [0.5, 0.6) is 5.75 Å². The Balaban J connectivity index is 2.01. The van der Waals surface area contributed by atoms with Crippen molar-refractivity contribution in [2.45, 2.75) is 6.92 Å². The lowest BCUT2D eigenvalue weighted by Gasteiger charge is -2.04. The van der Waals surface area contributed by atoms with Crippen LogP contribution >= 0.6 is 0 Å². The molecule has 0 unspecified atom stereocenters. The zero-order valence-corrected chi connectivity index (χ0v) is 14.7. The second-order valence-corrected chi connectivity index (χ2v) is 5.73. The van der Waals surface area contributed by atoms with E-state index in [4.69, 9.17) is 9.47 Å². The van der Waals surface area contributed by atoms with Crippen molar-refractivity contribution >= 4 is 29.3 Å². The number of hydrogen-bond donors (Lipinski definition) is 0. The molecule has 0 bridgehead atoms. The number of carbonyl (C=O) groups is 1. The number of cyclic esters (lactones) is 1. The summed E-state index contributed by atoms with van der Waals surface area (Å²) < 4.78 is 10.1. The lowest BCUT2D eigenvalue weighted by atomic mass is 10.1. The molecule has 0 amide bonds. The van der Waals surface area contributed by atoms with E-state index in [0.717, 1.165) is 0 Å². The molecule has 0 aromatic heterocycles. The fourth-order valence-electron chi connectivity index (χ4n) is 2.67. The minimum atomic E-state index is -0.764. The summed E-state index contributed by atoms with van der Waals surface area (Å²) in [4.78, 5) is 37.3. The molecule has 0 saturated carbocycles. The number of nitrogens with zero attached hydrogens (tertiary/aromatic N) is 3. The van der Waals surface area contributed by atoms with E-state index in [2.05, 4.69) is 4.99 Å². The molecule has 28 heavy (non-hydrogen) atoms. The van der Waals surface area contributed by atoms with Crippen LogP contribution in [0, 0.1) is 27.2 Å². The fourth-order valence-corrected chi connectivity index (χ4v) is 2.67. The second kappa shape index (κ2) is 7.27. The minimum absolute atomic E-state index is 0.0690. The normalized spacial score (nSPS) is 14.6. The predicted molar refractivity (Wildman–Crippen MR) is 98.1 cm³/mol. The molecule has 1 aliphatic rings. The molecular weight excluding hydrogens is 370 g/mol. The topological polar surface area (TPSA) is 134 Å². The highest BCUT2D eigenvalue weighted by atomic mass is 16.6. The van der Waals surface area contributed by atoms with Gasteiger partial charge in [-0.25, -0.2) is 9.79 Å². The van der Waals surface area contributed by atoms with Gasteiger partial charge < -0.3 is 9.47 Å². The van der Waals surface area contributed by atoms with Crippen LogP contribution in [0.15, 0.2) is 47.1 Å². The van der Waals surface area contributed by atoms with Gasteiger partial charge in [-0.2, -0.15) is 0 Å². The first kappa shape index (κ1) is 18.7. The number of nitro benzene ring substituents is 2. The Kier molecular flexibility index (Phi) is 4.86. The molecule has 2 aromatic rings. The van der Waals surface area contributed by atoms with Crippen LogP contribution in [-0.4, -0.2) is 28.8 Å². The molecule has 0 spiro atoms. The van der Waals surface area contributed by atoms with Gasteiger partial charge in [-0.3, -0.25) is 20.2 Å². The van der Waals surface area contributed by atoms with Crippen molar-refractivity contribution in [2.24, 2.45) is 4.99 Å². The molecule has 1 heterocycles. The summed E-state index contributed by atoms with van der Waals surface area (Å²) in [6.07, 6.45) is 1.33. The van der Waals surface area contributed by atoms with Crippen LogP contribution in [0.2, 0.25) is 0 Å².